The van der Waals surface area contributed by atoms with Gasteiger partial charge in [0.2, 0.25) is 0 Å². The highest BCUT2D eigenvalue weighted by molar-refractivity contribution is 5.28. The Hall–Kier alpha value is -1.24. The molecule has 1 nitrogen and oxygen atoms in total. The highest BCUT2D eigenvalue weighted by Crippen LogP contribution is 2.11. The lowest BCUT2D eigenvalue weighted by Crippen LogP contribution is -1.80. The van der Waals surface area contributed by atoms with Crippen LogP contribution in [0.5, 0.6) is 5.75 Å². The van der Waals surface area contributed by atoms with E-state index in [1.54, 1.807) is 12.1 Å². The van der Waals surface area contributed by atoms with Crippen LogP contribution < -0.4 is 0 Å². The first-order valence-electron chi connectivity index (χ1n) is 4.10. The molecule has 0 unspecified atom stereocenters. The van der Waals surface area contributed by atoms with Crippen molar-refractivity contribution in [3.8, 4) is 5.75 Å². The topological polar surface area (TPSA) is 20.2 Å². The van der Waals surface area contributed by atoms with Crippen molar-refractivity contribution in [3.05, 3.63) is 41.5 Å². The molecule has 1 N–H and O–H groups in total. The van der Waals surface area contributed by atoms with E-state index in [0.29, 0.717) is 5.75 Å². The highest BCUT2D eigenvalue weighted by atomic mass is 16.3. The number of benzene rings is 1. The Morgan fingerprint density at radius 3 is 2.75 bits per heavy atom. The molecule has 1 heteroatoms. The number of hydrogen-bond donors (Lipinski definition) is 1. The van der Waals surface area contributed by atoms with E-state index in [4.69, 9.17) is 5.11 Å². The van der Waals surface area contributed by atoms with Crippen LogP contribution in [0, 0.1) is 0 Å². The van der Waals surface area contributed by atoms with Crippen LogP contribution in [0.1, 0.15) is 19.4 Å². The van der Waals surface area contributed by atoms with E-state index in [9.17, 15) is 0 Å². The Labute approximate surface area is 73.4 Å². The fourth-order valence-electron chi connectivity index (χ4n) is 1.01. The van der Waals surface area contributed by atoms with Gasteiger partial charge in [0.15, 0.2) is 0 Å². The fourth-order valence-corrected chi connectivity index (χ4v) is 1.01. The van der Waals surface area contributed by atoms with Crippen molar-refractivity contribution in [3.63, 3.8) is 0 Å². The third kappa shape index (κ3) is 2.79. The predicted octanol–water partition coefficient (Wildman–Crippen LogP) is 2.90. The zero-order valence-electron chi connectivity index (χ0n) is 7.54. The van der Waals surface area contributed by atoms with Gasteiger partial charge in [0, 0.05) is 0 Å². The van der Waals surface area contributed by atoms with E-state index < -0.39 is 0 Å². The molecule has 64 valence electrons. The second-order valence-corrected chi connectivity index (χ2v) is 3.16. The molecule has 0 fully saturated rings. The molecule has 0 bridgehead atoms. The Balaban J connectivity index is 2.70. The summed E-state index contributed by atoms with van der Waals surface area (Å²) in [5.74, 6) is 0.342. The molecule has 0 heterocycles. The molecule has 12 heavy (non-hydrogen) atoms. The number of phenolic OH excluding ortho intramolecular Hbond substituents is 1. The molecule has 0 atom stereocenters. The second-order valence-electron chi connectivity index (χ2n) is 3.16. The Morgan fingerprint density at radius 1 is 1.42 bits per heavy atom. The molecule has 1 aromatic carbocycles. The Morgan fingerprint density at radius 2 is 2.17 bits per heavy atom. The molecule has 0 aliphatic carbocycles. The van der Waals surface area contributed by atoms with Crippen LogP contribution in [0.15, 0.2) is 35.9 Å². The molecule has 0 aliphatic heterocycles. The summed E-state index contributed by atoms with van der Waals surface area (Å²) in [6, 6.07) is 7.36. The smallest absolute Gasteiger partial charge is 0.115 e. The predicted molar refractivity (Wildman–Crippen MR) is 51.2 cm³/mol. The first-order valence-corrected chi connectivity index (χ1v) is 4.10. The van der Waals surface area contributed by atoms with E-state index >= 15 is 0 Å². The summed E-state index contributed by atoms with van der Waals surface area (Å²) in [7, 11) is 0. The lowest BCUT2D eigenvalue weighted by molar-refractivity contribution is 0.474. The van der Waals surface area contributed by atoms with Gasteiger partial charge in [-0.25, -0.2) is 0 Å². The largest absolute Gasteiger partial charge is 0.508 e. The van der Waals surface area contributed by atoms with Crippen molar-refractivity contribution in [2.45, 2.75) is 20.3 Å². The van der Waals surface area contributed by atoms with Crippen LogP contribution in [-0.4, -0.2) is 5.11 Å². The minimum Gasteiger partial charge on any atom is -0.508 e. The third-order valence-corrected chi connectivity index (χ3v) is 1.66. The number of rotatable bonds is 2. The van der Waals surface area contributed by atoms with Crippen molar-refractivity contribution >= 4 is 0 Å². The van der Waals surface area contributed by atoms with Gasteiger partial charge in [-0.05, 0) is 38.0 Å². The van der Waals surface area contributed by atoms with Gasteiger partial charge in [0.1, 0.15) is 5.75 Å². The van der Waals surface area contributed by atoms with Gasteiger partial charge in [-0.1, -0.05) is 23.8 Å². The van der Waals surface area contributed by atoms with Gasteiger partial charge in [-0.2, -0.15) is 0 Å². The van der Waals surface area contributed by atoms with Gasteiger partial charge >= 0.3 is 0 Å². The first-order chi connectivity index (χ1) is 5.68. The number of hydrogen-bond acceptors (Lipinski definition) is 1. The minimum atomic E-state index is 0.342. The summed E-state index contributed by atoms with van der Waals surface area (Å²) in [6.45, 7) is 4.14. The minimum absolute atomic E-state index is 0.342. The van der Waals surface area contributed by atoms with Gasteiger partial charge in [0.25, 0.3) is 0 Å². The summed E-state index contributed by atoms with van der Waals surface area (Å²) in [4.78, 5) is 0. The Kier molecular flexibility index (Phi) is 2.92. The van der Waals surface area contributed by atoms with Gasteiger partial charge in [-0.15, -0.1) is 0 Å². The molecule has 0 aromatic heterocycles. The average molecular weight is 162 g/mol. The normalized spacial score (nSPS) is 9.50. The maximum absolute atomic E-state index is 9.16. The van der Waals surface area contributed by atoms with E-state index in [2.05, 4.69) is 19.9 Å². The van der Waals surface area contributed by atoms with Gasteiger partial charge < -0.3 is 5.11 Å². The van der Waals surface area contributed by atoms with E-state index in [1.165, 1.54) is 5.57 Å². The zero-order valence-corrected chi connectivity index (χ0v) is 7.54. The van der Waals surface area contributed by atoms with Crippen LogP contribution >= 0.6 is 0 Å². The molecule has 0 aliphatic rings. The molecule has 0 spiro atoms. The molecule has 1 aromatic rings. The highest BCUT2D eigenvalue weighted by Gasteiger charge is 1.91. The van der Waals surface area contributed by atoms with Crippen LogP contribution in [0.2, 0.25) is 0 Å². The van der Waals surface area contributed by atoms with Gasteiger partial charge in [-0.3, -0.25) is 0 Å². The van der Waals surface area contributed by atoms with Crippen LogP contribution in [0.25, 0.3) is 0 Å². The quantitative estimate of drug-likeness (QED) is 0.663. The van der Waals surface area contributed by atoms with Crippen LogP contribution in [0.4, 0.5) is 0 Å². The van der Waals surface area contributed by atoms with Gasteiger partial charge in [0.05, 0.1) is 0 Å². The fraction of sp³-hybridized carbons (Fsp3) is 0.273. The number of aromatic hydroxyl groups is 1. The molecule has 0 amide bonds. The molecule has 1 rings (SSSR count). The van der Waals surface area contributed by atoms with Crippen molar-refractivity contribution in [2.24, 2.45) is 0 Å². The first kappa shape index (κ1) is 8.85. The maximum atomic E-state index is 9.16. The lowest BCUT2D eigenvalue weighted by Gasteiger charge is -1.97. The summed E-state index contributed by atoms with van der Waals surface area (Å²) >= 11 is 0. The molecular formula is C11H14O. The molecule has 0 radical (unpaired) electrons. The monoisotopic (exact) mass is 162 g/mol. The van der Waals surface area contributed by atoms with Crippen molar-refractivity contribution in [2.75, 3.05) is 0 Å². The molecule has 0 saturated heterocycles. The Bertz CT molecular complexity index is 283. The van der Waals surface area contributed by atoms with Crippen molar-refractivity contribution in [1.82, 2.24) is 0 Å². The summed E-state index contributed by atoms with van der Waals surface area (Å²) in [5.41, 5.74) is 2.45. The van der Waals surface area contributed by atoms with Crippen LogP contribution in [-0.2, 0) is 6.42 Å². The van der Waals surface area contributed by atoms with Crippen molar-refractivity contribution < 1.29 is 5.11 Å². The molecular weight excluding hydrogens is 148 g/mol. The summed E-state index contributed by atoms with van der Waals surface area (Å²) < 4.78 is 0. The van der Waals surface area contributed by atoms with E-state index in [1.807, 2.05) is 12.1 Å². The zero-order chi connectivity index (χ0) is 8.97. The second kappa shape index (κ2) is 3.96. The summed E-state index contributed by atoms with van der Waals surface area (Å²) in [6.07, 6.45) is 3.05. The average Bonchev–Trinajstić information content (AvgIpc) is 2.01. The number of allylic oxidation sites excluding steroid dienone is 2. The SMILES string of the molecule is CC(C)=CCc1cccc(O)c1. The third-order valence-electron chi connectivity index (χ3n) is 1.66. The van der Waals surface area contributed by atoms with E-state index in [0.717, 1.165) is 12.0 Å². The van der Waals surface area contributed by atoms with Crippen molar-refractivity contribution in [1.29, 1.82) is 0 Å². The van der Waals surface area contributed by atoms with E-state index in [-0.39, 0.29) is 0 Å². The summed E-state index contributed by atoms with van der Waals surface area (Å²) in [5, 5.41) is 9.16. The number of phenols is 1. The lowest BCUT2D eigenvalue weighted by atomic mass is 10.1. The maximum Gasteiger partial charge on any atom is 0.115 e. The molecule has 0 saturated carbocycles. The standard InChI is InChI=1S/C11H14O/c1-9(2)6-7-10-4-3-5-11(12)8-10/h3-6,8,12H,7H2,1-2H3. The van der Waals surface area contributed by atoms with Crippen LogP contribution in [0.3, 0.4) is 0 Å².